The maximum absolute atomic E-state index is 13.8. The summed E-state index contributed by atoms with van der Waals surface area (Å²) < 4.78 is 1.56. The number of phenols is 1. The largest absolute Gasteiger partial charge is 0.508 e. The Hall–Kier alpha value is -3.90. The molecule has 11 nitrogen and oxygen atoms in total. The zero-order chi connectivity index (χ0) is 31.8. The first-order chi connectivity index (χ1) is 20.9. The summed E-state index contributed by atoms with van der Waals surface area (Å²) in [5.74, 6) is -1.07. The van der Waals surface area contributed by atoms with Crippen LogP contribution in [0.25, 0.3) is 0 Å². The average Bonchev–Trinajstić information content (AvgIpc) is 3.50. The SMILES string of the molecule is Cc1c(C(=O)NC2(C)C(C(=O)N(C)c3cccc(O)c3)N=NN2Cc2ccc(Cl)c(Cl)c2)nnn1Cc1ccc(Cl)c(Cl)c1. The highest BCUT2D eigenvalue weighted by atomic mass is 35.5. The fraction of sp³-hybridized carbons (Fsp3) is 0.241. The first-order valence-corrected chi connectivity index (χ1v) is 14.7. The Morgan fingerprint density at radius 1 is 0.955 bits per heavy atom. The van der Waals surface area contributed by atoms with Gasteiger partial charge < -0.3 is 15.3 Å². The summed E-state index contributed by atoms with van der Waals surface area (Å²) in [6.45, 7) is 3.80. The Labute approximate surface area is 272 Å². The number of anilines is 1. The summed E-state index contributed by atoms with van der Waals surface area (Å²) in [6, 6.07) is 15.3. The van der Waals surface area contributed by atoms with Crippen LogP contribution in [0.4, 0.5) is 5.69 Å². The molecule has 2 atom stereocenters. The van der Waals surface area contributed by atoms with Gasteiger partial charge in [0.15, 0.2) is 17.4 Å². The van der Waals surface area contributed by atoms with Crippen molar-refractivity contribution in [2.45, 2.75) is 38.6 Å². The summed E-state index contributed by atoms with van der Waals surface area (Å²) in [6.07, 6.45) is 0. The van der Waals surface area contributed by atoms with Crippen LogP contribution in [0.3, 0.4) is 0 Å². The lowest BCUT2D eigenvalue weighted by molar-refractivity contribution is -0.122. The number of halogens is 4. The van der Waals surface area contributed by atoms with Gasteiger partial charge in [-0.2, -0.15) is 5.11 Å². The minimum atomic E-state index is -1.45. The smallest absolute Gasteiger partial charge is 0.275 e. The number of phenolic OH excluding ortho intramolecular Hbond substituents is 1. The molecule has 0 saturated carbocycles. The Morgan fingerprint density at radius 2 is 1.59 bits per heavy atom. The van der Waals surface area contributed by atoms with Crippen LogP contribution < -0.4 is 10.2 Å². The molecule has 2 unspecified atom stereocenters. The molecule has 1 aliphatic heterocycles. The van der Waals surface area contributed by atoms with Crippen LogP contribution in [0.5, 0.6) is 5.75 Å². The Morgan fingerprint density at radius 3 is 2.20 bits per heavy atom. The number of hydrogen-bond acceptors (Lipinski definition) is 8. The van der Waals surface area contributed by atoms with E-state index in [2.05, 4.69) is 26.0 Å². The Bertz CT molecular complexity index is 1780. The molecule has 15 heteroatoms. The number of carbonyl (C=O) groups excluding carboxylic acids is 2. The molecule has 2 amide bonds. The van der Waals surface area contributed by atoms with Crippen molar-refractivity contribution in [3.63, 3.8) is 0 Å². The number of benzene rings is 3. The third kappa shape index (κ3) is 6.32. The third-order valence-corrected chi connectivity index (χ3v) is 8.80. The van der Waals surface area contributed by atoms with Gasteiger partial charge in [-0.1, -0.05) is 75.0 Å². The lowest BCUT2D eigenvalue weighted by Crippen LogP contribution is -2.64. The van der Waals surface area contributed by atoms with Gasteiger partial charge in [0.2, 0.25) is 0 Å². The van der Waals surface area contributed by atoms with E-state index in [0.717, 1.165) is 11.1 Å². The molecule has 228 valence electrons. The van der Waals surface area contributed by atoms with Gasteiger partial charge in [-0.25, -0.2) is 9.69 Å². The predicted octanol–water partition coefficient (Wildman–Crippen LogP) is 6.31. The number of likely N-dealkylation sites (N-methyl/N-ethyl adjacent to an activating group) is 1. The quantitative estimate of drug-likeness (QED) is 0.225. The zero-order valence-corrected chi connectivity index (χ0v) is 26.7. The van der Waals surface area contributed by atoms with Gasteiger partial charge in [0, 0.05) is 18.8 Å². The van der Waals surface area contributed by atoms with Gasteiger partial charge in [0.25, 0.3) is 11.8 Å². The van der Waals surface area contributed by atoms with Gasteiger partial charge in [0.1, 0.15) is 5.75 Å². The number of hydrogen-bond donors (Lipinski definition) is 2. The van der Waals surface area contributed by atoms with Crippen LogP contribution in [0.15, 0.2) is 71.0 Å². The Kier molecular flexibility index (Phi) is 9.03. The summed E-state index contributed by atoms with van der Waals surface area (Å²) in [5.41, 5.74) is 1.05. The van der Waals surface area contributed by atoms with Crippen molar-refractivity contribution in [1.29, 1.82) is 0 Å². The molecule has 0 radical (unpaired) electrons. The van der Waals surface area contributed by atoms with E-state index in [1.807, 2.05) is 0 Å². The third-order valence-electron chi connectivity index (χ3n) is 7.32. The van der Waals surface area contributed by atoms with Crippen molar-refractivity contribution in [1.82, 2.24) is 25.3 Å². The molecule has 0 spiro atoms. The summed E-state index contributed by atoms with van der Waals surface area (Å²) >= 11 is 24.5. The fourth-order valence-electron chi connectivity index (χ4n) is 4.72. The molecule has 2 N–H and O–H groups in total. The topological polar surface area (TPSA) is 128 Å². The van der Waals surface area contributed by atoms with E-state index in [0.29, 0.717) is 38.0 Å². The molecule has 0 aliphatic carbocycles. The molecule has 2 heterocycles. The van der Waals surface area contributed by atoms with E-state index in [1.165, 1.54) is 22.0 Å². The van der Waals surface area contributed by atoms with E-state index in [9.17, 15) is 14.7 Å². The molecule has 1 aliphatic rings. The van der Waals surface area contributed by atoms with Crippen LogP contribution in [0, 0.1) is 6.92 Å². The molecule has 5 rings (SSSR count). The van der Waals surface area contributed by atoms with Crippen molar-refractivity contribution in [2.75, 3.05) is 11.9 Å². The number of rotatable bonds is 8. The normalized spacial score (nSPS) is 17.6. The minimum Gasteiger partial charge on any atom is -0.508 e. The van der Waals surface area contributed by atoms with E-state index < -0.39 is 23.5 Å². The fourth-order valence-corrected chi connectivity index (χ4v) is 5.36. The van der Waals surface area contributed by atoms with Crippen LogP contribution in [-0.4, -0.2) is 55.7 Å². The van der Waals surface area contributed by atoms with Crippen molar-refractivity contribution < 1.29 is 14.7 Å². The molecule has 4 aromatic rings. The van der Waals surface area contributed by atoms with Gasteiger partial charge in [-0.15, -0.1) is 5.10 Å². The monoisotopic (exact) mass is 674 g/mol. The van der Waals surface area contributed by atoms with E-state index >= 15 is 0 Å². The van der Waals surface area contributed by atoms with Gasteiger partial charge in [0.05, 0.1) is 38.9 Å². The van der Waals surface area contributed by atoms with E-state index in [1.54, 1.807) is 74.1 Å². The number of nitrogens with zero attached hydrogens (tertiary/aromatic N) is 7. The highest BCUT2D eigenvalue weighted by molar-refractivity contribution is 6.42. The molecular weight excluding hydrogens is 650 g/mol. The molecular formula is C29H26Cl4N8O3. The molecule has 3 aromatic carbocycles. The summed E-state index contributed by atoms with van der Waals surface area (Å²) in [5, 5.41) is 32.8. The van der Waals surface area contributed by atoms with Gasteiger partial charge >= 0.3 is 0 Å². The zero-order valence-electron chi connectivity index (χ0n) is 23.7. The lowest BCUT2D eigenvalue weighted by atomic mass is 9.99. The minimum absolute atomic E-state index is 0.00746. The first kappa shape index (κ1) is 31.5. The molecule has 0 saturated heterocycles. The van der Waals surface area contributed by atoms with Crippen molar-refractivity contribution in [3.8, 4) is 5.75 Å². The first-order valence-electron chi connectivity index (χ1n) is 13.2. The van der Waals surface area contributed by atoms with Crippen molar-refractivity contribution >= 4 is 63.9 Å². The molecule has 1 aromatic heterocycles. The lowest BCUT2D eigenvalue weighted by Gasteiger charge is -2.37. The maximum Gasteiger partial charge on any atom is 0.275 e. The molecule has 0 bridgehead atoms. The van der Waals surface area contributed by atoms with Crippen LogP contribution in [0.1, 0.15) is 34.2 Å². The molecule has 0 fully saturated rings. The van der Waals surface area contributed by atoms with Crippen LogP contribution in [0.2, 0.25) is 20.1 Å². The summed E-state index contributed by atoms with van der Waals surface area (Å²) in [4.78, 5) is 28.9. The van der Waals surface area contributed by atoms with Gasteiger partial charge in [-0.05, 0) is 61.4 Å². The second-order valence-electron chi connectivity index (χ2n) is 10.4. The van der Waals surface area contributed by atoms with Gasteiger partial charge in [-0.3, -0.25) is 9.59 Å². The molecule has 44 heavy (non-hydrogen) atoms. The summed E-state index contributed by atoms with van der Waals surface area (Å²) in [7, 11) is 1.55. The number of amides is 2. The number of carbonyl (C=O) groups is 2. The maximum atomic E-state index is 13.8. The average molecular weight is 676 g/mol. The number of nitrogens with one attached hydrogen (secondary N) is 1. The van der Waals surface area contributed by atoms with Crippen LogP contribution >= 0.6 is 46.4 Å². The highest BCUT2D eigenvalue weighted by Crippen LogP contribution is 2.33. The van der Waals surface area contributed by atoms with E-state index in [-0.39, 0.29) is 18.0 Å². The van der Waals surface area contributed by atoms with Crippen LogP contribution in [-0.2, 0) is 17.9 Å². The van der Waals surface area contributed by atoms with E-state index in [4.69, 9.17) is 46.4 Å². The predicted molar refractivity (Wildman–Crippen MR) is 168 cm³/mol. The Balaban J connectivity index is 1.44. The second kappa shape index (κ2) is 12.6. The highest BCUT2D eigenvalue weighted by Gasteiger charge is 2.51. The van der Waals surface area contributed by atoms with Crippen molar-refractivity contribution in [3.05, 3.63) is 103 Å². The second-order valence-corrected chi connectivity index (χ2v) is 12.0. The standard InChI is InChI=1S/C29H26Cl4N8O3/c1-16-25(35-37-40(16)14-17-7-9-21(30)23(32)11-17)27(43)34-29(2)26(28(44)39(3)19-5-4-6-20(42)13-19)36-38-41(29)15-18-8-10-22(31)24(33)12-18/h4-13,26,42H,14-15H2,1-3H3,(H,34,43). The van der Waals surface area contributed by atoms with Crippen molar-refractivity contribution in [2.24, 2.45) is 10.3 Å². The number of aromatic hydroxyl groups is 1. The number of aromatic nitrogens is 3.